The van der Waals surface area contributed by atoms with Gasteiger partial charge >= 0.3 is 5.97 Å². The molecular weight excluding hydrogens is 174 g/mol. The highest BCUT2D eigenvalue weighted by Crippen LogP contribution is 1.94. The van der Waals surface area contributed by atoms with Gasteiger partial charge in [-0.25, -0.2) is 10.7 Å². The Morgan fingerprint density at radius 2 is 2.31 bits per heavy atom. The first-order valence-corrected chi connectivity index (χ1v) is 3.84. The number of esters is 1. The maximum absolute atomic E-state index is 10.9. The van der Waals surface area contributed by atoms with E-state index in [4.69, 9.17) is 11.0 Å². The van der Waals surface area contributed by atoms with Gasteiger partial charge in [-0.2, -0.15) is 0 Å². The molecule has 0 spiro atoms. The summed E-state index contributed by atoms with van der Waals surface area (Å²) in [5.74, 6) is 8.71. The van der Waals surface area contributed by atoms with Gasteiger partial charge in [0.15, 0.2) is 0 Å². The molecule has 2 atom stereocenters. The van der Waals surface area contributed by atoms with E-state index in [0.29, 0.717) is 6.42 Å². The number of ether oxygens (including phenoxy) is 1. The Balaban J connectivity index is 3.96. The van der Waals surface area contributed by atoms with Crippen molar-refractivity contribution in [2.75, 3.05) is 0 Å². The molecule has 0 aliphatic heterocycles. The Morgan fingerprint density at radius 1 is 1.69 bits per heavy atom. The summed E-state index contributed by atoms with van der Waals surface area (Å²) in [4.78, 5) is 15.1. The zero-order valence-corrected chi connectivity index (χ0v) is 7.61. The number of carbonyl (C=O) groups excluding carboxylic acids is 1. The predicted octanol–water partition coefficient (Wildman–Crippen LogP) is -0.460. The topological polar surface area (TPSA) is 81.8 Å². The van der Waals surface area contributed by atoms with Crippen molar-refractivity contribution in [2.24, 2.45) is 5.90 Å². The van der Waals surface area contributed by atoms with Crippen molar-refractivity contribution in [3.8, 4) is 11.8 Å². The van der Waals surface area contributed by atoms with Gasteiger partial charge in [0, 0.05) is 6.42 Å². The molecule has 3 N–H and O–H groups in total. The average Bonchev–Trinajstić information content (AvgIpc) is 2.13. The molecule has 0 bridgehead atoms. The monoisotopic (exact) mass is 187 g/mol. The fourth-order valence-electron chi connectivity index (χ4n) is 0.513. The number of rotatable bonds is 3. The maximum Gasteiger partial charge on any atom is 0.350 e. The number of aliphatic hydroxyl groups is 1. The van der Waals surface area contributed by atoms with E-state index >= 15 is 0 Å². The molecule has 13 heavy (non-hydrogen) atoms. The Labute approximate surface area is 76.8 Å². The van der Waals surface area contributed by atoms with Crippen molar-refractivity contribution < 1.29 is 19.5 Å². The number of hydrogen-bond donors (Lipinski definition) is 2. The van der Waals surface area contributed by atoms with Crippen molar-refractivity contribution in [2.45, 2.75) is 32.7 Å². The Hall–Kier alpha value is -1.09. The van der Waals surface area contributed by atoms with Gasteiger partial charge in [-0.05, 0) is 6.92 Å². The fraction of sp³-hybridized carbons (Fsp3) is 0.625. The zero-order chi connectivity index (χ0) is 10.3. The average molecular weight is 187 g/mol. The summed E-state index contributed by atoms with van der Waals surface area (Å²) >= 11 is 0. The summed E-state index contributed by atoms with van der Waals surface area (Å²) in [5, 5.41) is 9.05. The molecule has 0 radical (unpaired) electrons. The summed E-state index contributed by atoms with van der Waals surface area (Å²) in [6.07, 6.45) is -1.75. The zero-order valence-electron chi connectivity index (χ0n) is 7.61. The lowest BCUT2D eigenvalue weighted by molar-refractivity contribution is -0.182. The molecule has 0 aliphatic carbocycles. The standard InChI is InChI=1S/C8H13NO4/c1-3-4-5-7(10)8(11)12-6(2)13-9/h6-7,10H,3,9H2,1-2H3. The number of nitrogens with two attached hydrogens (primary N) is 1. The molecule has 0 rings (SSSR count). The molecule has 0 heterocycles. The van der Waals surface area contributed by atoms with E-state index in [1.165, 1.54) is 6.92 Å². The molecule has 5 nitrogen and oxygen atoms in total. The molecule has 0 aliphatic rings. The Kier molecular flexibility index (Phi) is 5.89. The summed E-state index contributed by atoms with van der Waals surface area (Å²) in [6.45, 7) is 3.23. The second-order valence-electron chi connectivity index (χ2n) is 2.22. The van der Waals surface area contributed by atoms with Crippen LogP contribution in [0.15, 0.2) is 0 Å². The van der Waals surface area contributed by atoms with Gasteiger partial charge in [0.2, 0.25) is 12.4 Å². The minimum atomic E-state index is -1.43. The van der Waals surface area contributed by atoms with Crippen LogP contribution in [0.2, 0.25) is 0 Å². The lowest BCUT2D eigenvalue weighted by Gasteiger charge is -2.10. The van der Waals surface area contributed by atoms with E-state index in [0.717, 1.165) is 0 Å². The van der Waals surface area contributed by atoms with Gasteiger partial charge in [0.1, 0.15) is 0 Å². The number of hydrogen-bond acceptors (Lipinski definition) is 5. The van der Waals surface area contributed by atoms with Crippen molar-refractivity contribution in [3.05, 3.63) is 0 Å². The molecule has 0 saturated heterocycles. The van der Waals surface area contributed by atoms with E-state index in [-0.39, 0.29) is 0 Å². The molecule has 0 saturated carbocycles. The van der Waals surface area contributed by atoms with E-state index < -0.39 is 18.4 Å². The highest BCUT2D eigenvalue weighted by Gasteiger charge is 2.16. The Bertz CT molecular complexity index is 218. The SMILES string of the molecule is CCC#CC(O)C(=O)OC(C)ON. The minimum absolute atomic E-state index is 0.563. The fourth-order valence-corrected chi connectivity index (χ4v) is 0.513. The van der Waals surface area contributed by atoms with Gasteiger partial charge < -0.3 is 9.84 Å². The van der Waals surface area contributed by atoms with Crippen LogP contribution in [-0.4, -0.2) is 23.5 Å². The van der Waals surface area contributed by atoms with Gasteiger partial charge in [0.25, 0.3) is 0 Å². The summed E-state index contributed by atoms with van der Waals surface area (Å²) < 4.78 is 4.52. The van der Waals surface area contributed by atoms with Crippen LogP contribution >= 0.6 is 0 Å². The molecule has 74 valence electrons. The third-order valence-corrected chi connectivity index (χ3v) is 1.11. The first-order valence-electron chi connectivity index (χ1n) is 3.84. The van der Waals surface area contributed by atoms with Crippen molar-refractivity contribution in [3.63, 3.8) is 0 Å². The van der Waals surface area contributed by atoms with Crippen LogP contribution in [0, 0.1) is 11.8 Å². The van der Waals surface area contributed by atoms with Crippen LogP contribution in [0.1, 0.15) is 20.3 Å². The van der Waals surface area contributed by atoms with Crippen LogP contribution in [0.3, 0.4) is 0 Å². The smallest absolute Gasteiger partial charge is 0.350 e. The summed E-state index contributed by atoms with van der Waals surface area (Å²) in [6, 6.07) is 0. The second-order valence-corrected chi connectivity index (χ2v) is 2.22. The quantitative estimate of drug-likeness (QED) is 0.270. The Morgan fingerprint density at radius 3 is 2.77 bits per heavy atom. The molecule has 0 fully saturated rings. The predicted molar refractivity (Wildman–Crippen MR) is 44.9 cm³/mol. The van der Waals surface area contributed by atoms with Crippen molar-refractivity contribution in [1.29, 1.82) is 0 Å². The molecule has 0 aromatic carbocycles. The lowest BCUT2D eigenvalue weighted by Crippen LogP contribution is -2.28. The highest BCUT2D eigenvalue weighted by atomic mass is 16.8. The van der Waals surface area contributed by atoms with Gasteiger partial charge in [-0.15, -0.1) is 5.92 Å². The van der Waals surface area contributed by atoms with Crippen molar-refractivity contribution >= 4 is 5.97 Å². The molecule has 0 amide bonds. The molecule has 0 aromatic rings. The lowest BCUT2D eigenvalue weighted by atomic mass is 10.3. The van der Waals surface area contributed by atoms with Crippen LogP contribution in [0.5, 0.6) is 0 Å². The second kappa shape index (κ2) is 6.43. The van der Waals surface area contributed by atoms with Crippen molar-refractivity contribution in [1.82, 2.24) is 0 Å². The molecule has 0 aromatic heterocycles. The first kappa shape index (κ1) is 11.9. The van der Waals surface area contributed by atoms with Crippen LogP contribution < -0.4 is 5.90 Å². The summed E-state index contributed by atoms with van der Waals surface area (Å²) in [7, 11) is 0. The summed E-state index contributed by atoms with van der Waals surface area (Å²) in [5.41, 5.74) is 0. The number of aliphatic hydroxyl groups excluding tert-OH is 1. The van der Waals surface area contributed by atoms with Gasteiger partial charge in [-0.3, -0.25) is 4.84 Å². The van der Waals surface area contributed by atoms with E-state index in [9.17, 15) is 4.79 Å². The molecule has 5 heteroatoms. The molecular formula is C8H13NO4. The molecule has 2 unspecified atom stereocenters. The van der Waals surface area contributed by atoms with Gasteiger partial charge in [-0.1, -0.05) is 12.8 Å². The minimum Gasteiger partial charge on any atom is -0.432 e. The third-order valence-electron chi connectivity index (χ3n) is 1.11. The van der Waals surface area contributed by atoms with E-state index in [2.05, 4.69) is 21.4 Å². The first-order chi connectivity index (χ1) is 6.11. The van der Waals surface area contributed by atoms with Crippen LogP contribution in [0.4, 0.5) is 0 Å². The van der Waals surface area contributed by atoms with Gasteiger partial charge in [0.05, 0.1) is 0 Å². The largest absolute Gasteiger partial charge is 0.432 e. The van der Waals surface area contributed by atoms with E-state index in [1.54, 1.807) is 6.92 Å². The highest BCUT2D eigenvalue weighted by molar-refractivity contribution is 5.77. The van der Waals surface area contributed by atoms with Crippen LogP contribution in [-0.2, 0) is 14.4 Å². The number of carbonyl (C=O) groups is 1. The van der Waals surface area contributed by atoms with E-state index in [1.807, 2.05) is 0 Å². The maximum atomic E-state index is 10.9. The normalized spacial score (nSPS) is 13.8. The third kappa shape index (κ3) is 5.20. The van der Waals surface area contributed by atoms with Crippen LogP contribution in [0.25, 0.3) is 0 Å².